The molecule has 0 bridgehead atoms. The number of rotatable bonds is 8. The minimum atomic E-state index is 0.188. The quantitative estimate of drug-likeness (QED) is 0.747. The summed E-state index contributed by atoms with van der Waals surface area (Å²) in [5.74, 6) is 1.46. The fraction of sp³-hybridized carbons (Fsp3) is 0.714. The summed E-state index contributed by atoms with van der Waals surface area (Å²) in [5.41, 5.74) is 0. The van der Waals surface area contributed by atoms with Crippen molar-refractivity contribution in [2.24, 2.45) is 0 Å². The maximum absolute atomic E-state index is 9.05. The highest BCUT2D eigenvalue weighted by Crippen LogP contribution is 2.29. The van der Waals surface area contributed by atoms with Gasteiger partial charge in [0.15, 0.2) is 5.82 Å². The Morgan fingerprint density at radius 3 is 2.85 bits per heavy atom. The summed E-state index contributed by atoms with van der Waals surface area (Å²) in [4.78, 5) is 11.0. The van der Waals surface area contributed by atoms with E-state index in [4.69, 9.17) is 21.4 Å². The standard InChI is InChI=1S/C14H22ClN3O2/c1-2-20-10-13-16-12(15)9-14(17-13)18(7-4-8-19)11-5-3-6-11/h9,11,19H,2-8,10H2,1H3. The number of nitrogens with zero attached hydrogens (tertiary/aromatic N) is 3. The Balaban J connectivity index is 2.15. The molecule has 1 aliphatic rings. The lowest BCUT2D eigenvalue weighted by Gasteiger charge is -2.38. The molecule has 0 spiro atoms. The van der Waals surface area contributed by atoms with Gasteiger partial charge in [-0.05, 0) is 32.6 Å². The van der Waals surface area contributed by atoms with Crippen molar-refractivity contribution >= 4 is 17.4 Å². The maximum Gasteiger partial charge on any atom is 0.158 e. The molecule has 1 N–H and O–H groups in total. The van der Waals surface area contributed by atoms with Crippen LogP contribution >= 0.6 is 11.6 Å². The molecule has 1 aliphatic carbocycles. The van der Waals surface area contributed by atoms with Gasteiger partial charge < -0.3 is 14.7 Å². The number of hydrogen-bond acceptors (Lipinski definition) is 5. The molecule has 1 aromatic rings. The lowest BCUT2D eigenvalue weighted by Crippen LogP contribution is -2.41. The second kappa shape index (κ2) is 7.76. The van der Waals surface area contributed by atoms with Crippen LogP contribution in [0, 0.1) is 0 Å². The first-order valence-corrected chi connectivity index (χ1v) is 7.61. The van der Waals surface area contributed by atoms with Crippen molar-refractivity contribution in [1.82, 2.24) is 9.97 Å². The fourth-order valence-electron chi connectivity index (χ4n) is 2.28. The topological polar surface area (TPSA) is 58.5 Å². The highest BCUT2D eigenvalue weighted by Gasteiger charge is 2.26. The number of aliphatic hydroxyl groups is 1. The lowest BCUT2D eigenvalue weighted by atomic mass is 9.91. The van der Waals surface area contributed by atoms with Crippen LogP contribution in [0.4, 0.5) is 5.82 Å². The lowest BCUT2D eigenvalue weighted by molar-refractivity contribution is 0.128. The average molecular weight is 300 g/mol. The van der Waals surface area contributed by atoms with Crippen LogP contribution in [-0.4, -0.2) is 40.9 Å². The van der Waals surface area contributed by atoms with E-state index < -0.39 is 0 Å². The summed E-state index contributed by atoms with van der Waals surface area (Å²) in [7, 11) is 0. The molecule has 2 rings (SSSR count). The molecule has 0 amide bonds. The number of hydrogen-bond donors (Lipinski definition) is 1. The van der Waals surface area contributed by atoms with Crippen molar-refractivity contribution in [3.05, 3.63) is 17.0 Å². The summed E-state index contributed by atoms with van der Waals surface area (Å²) >= 11 is 6.09. The van der Waals surface area contributed by atoms with E-state index in [1.54, 1.807) is 6.07 Å². The third kappa shape index (κ3) is 4.04. The van der Waals surface area contributed by atoms with Gasteiger partial charge in [-0.3, -0.25) is 0 Å². The van der Waals surface area contributed by atoms with Crippen LogP contribution in [0.3, 0.4) is 0 Å². The van der Waals surface area contributed by atoms with Crippen LogP contribution < -0.4 is 4.90 Å². The number of aromatic nitrogens is 2. The van der Waals surface area contributed by atoms with Crippen molar-refractivity contribution in [2.75, 3.05) is 24.7 Å². The molecule has 1 aromatic heterocycles. The van der Waals surface area contributed by atoms with Gasteiger partial charge in [0, 0.05) is 31.9 Å². The minimum Gasteiger partial charge on any atom is -0.396 e. The predicted molar refractivity (Wildman–Crippen MR) is 79.1 cm³/mol. The zero-order chi connectivity index (χ0) is 14.4. The largest absolute Gasteiger partial charge is 0.396 e. The van der Waals surface area contributed by atoms with Gasteiger partial charge in [-0.1, -0.05) is 11.6 Å². The van der Waals surface area contributed by atoms with Gasteiger partial charge >= 0.3 is 0 Å². The van der Waals surface area contributed by atoms with Gasteiger partial charge in [0.1, 0.15) is 17.6 Å². The van der Waals surface area contributed by atoms with E-state index in [2.05, 4.69) is 14.9 Å². The van der Waals surface area contributed by atoms with Crippen LogP contribution in [0.2, 0.25) is 5.15 Å². The van der Waals surface area contributed by atoms with Crippen molar-refractivity contribution in [3.63, 3.8) is 0 Å². The molecule has 112 valence electrons. The Hall–Kier alpha value is -0.910. The first-order valence-electron chi connectivity index (χ1n) is 7.23. The smallest absolute Gasteiger partial charge is 0.158 e. The number of ether oxygens (including phenoxy) is 1. The van der Waals surface area contributed by atoms with E-state index >= 15 is 0 Å². The van der Waals surface area contributed by atoms with Crippen LogP contribution in [0.5, 0.6) is 0 Å². The summed E-state index contributed by atoms with van der Waals surface area (Å²) in [6.45, 7) is 3.93. The zero-order valence-corrected chi connectivity index (χ0v) is 12.6. The molecule has 20 heavy (non-hydrogen) atoms. The Labute approximate surface area is 124 Å². The summed E-state index contributed by atoms with van der Waals surface area (Å²) in [6.07, 6.45) is 4.34. The monoisotopic (exact) mass is 299 g/mol. The van der Waals surface area contributed by atoms with Crippen LogP contribution in [-0.2, 0) is 11.3 Å². The highest BCUT2D eigenvalue weighted by molar-refractivity contribution is 6.29. The van der Waals surface area contributed by atoms with Crippen LogP contribution in [0.15, 0.2) is 6.07 Å². The fourth-order valence-corrected chi connectivity index (χ4v) is 2.48. The molecule has 0 atom stereocenters. The van der Waals surface area contributed by atoms with E-state index in [-0.39, 0.29) is 6.61 Å². The molecule has 1 fully saturated rings. The Bertz CT molecular complexity index is 427. The molecule has 5 nitrogen and oxygen atoms in total. The minimum absolute atomic E-state index is 0.188. The van der Waals surface area contributed by atoms with Gasteiger partial charge in [0.25, 0.3) is 0 Å². The molecule has 1 heterocycles. The molecule has 0 aliphatic heterocycles. The number of anilines is 1. The summed E-state index contributed by atoms with van der Waals surface area (Å²) in [6, 6.07) is 2.31. The Morgan fingerprint density at radius 1 is 1.45 bits per heavy atom. The zero-order valence-electron chi connectivity index (χ0n) is 11.9. The normalized spacial score (nSPS) is 15.2. The Kier molecular flexibility index (Phi) is 6.01. The summed E-state index contributed by atoms with van der Waals surface area (Å²) < 4.78 is 5.35. The summed E-state index contributed by atoms with van der Waals surface area (Å²) in [5, 5.41) is 9.50. The second-order valence-electron chi connectivity index (χ2n) is 4.96. The third-order valence-electron chi connectivity index (χ3n) is 3.53. The van der Waals surface area contributed by atoms with Gasteiger partial charge in [0.05, 0.1) is 0 Å². The molecule has 1 saturated carbocycles. The molecular weight excluding hydrogens is 278 g/mol. The van der Waals surface area contributed by atoms with E-state index in [0.29, 0.717) is 30.2 Å². The van der Waals surface area contributed by atoms with Gasteiger partial charge in [-0.2, -0.15) is 0 Å². The van der Waals surface area contributed by atoms with Crippen LogP contribution in [0.25, 0.3) is 0 Å². The second-order valence-corrected chi connectivity index (χ2v) is 5.34. The first kappa shape index (κ1) is 15.5. The van der Waals surface area contributed by atoms with Crippen molar-refractivity contribution < 1.29 is 9.84 Å². The Morgan fingerprint density at radius 2 is 2.25 bits per heavy atom. The molecule has 0 unspecified atom stereocenters. The molecule has 0 radical (unpaired) electrons. The highest BCUT2D eigenvalue weighted by atomic mass is 35.5. The molecular formula is C14H22ClN3O2. The number of halogens is 1. The van der Waals surface area contributed by atoms with Gasteiger partial charge in [-0.15, -0.1) is 0 Å². The maximum atomic E-state index is 9.05. The van der Waals surface area contributed by atoms with E-state index in [1.807, 2.05) is 6.92 Å². The van der Waals surface area contributed by atoms with Crippen molar-refractivity contribution in [3.8, 4) is 0 Å². The van der Waals surface area contributed by atoms with Crippen molar-refractivity contribution in [2.45, 2.75) is 45.3 Å². The molecule has 0 aromatic carbocycles. The first-order chi connectivity index (χ1) is 9.74. The SMILES string of the molecule is CCOCc1nc(Cl)cc(N(CCCO)C2CCC2)n1. The van der Waals surface area contributed by atoms with Gasteiger partial charge in [0.2, 0.25) is 0 Å². The number of aliphatic hydroxyl groups excluding tert-OH is 1. The third-order valence-corrected chi connectivity index (χ3v) is 3.72. The molecule has 0 saturated heterocycles. The van der Waals surface area contributed by atoms with Crippen molar-refractivity contribution in [1.29, 1.82) is 0 Å². The van der Waals surface area contributed by atoms with E-state index in [0.717, 1.165) is 18.8 Å². The van der Waals surface area contributed by atoms with Crippen LogP contribution in [0.1, 0.15) is 38.4 Å². The molecule has 6 heteroatoms. The van der Waals surface area contributed by atoms with E-state index in [9.17, 15) is 0 Å². The average Bonchev–Trinajstić information content (AvgIpc) is 2.38. The van der Waals surface area contributed by atoms with E-state index in [1.165, 1.54) is 19.3 Å². The predicted octanol–water partition coefficient (Wildman–Crippen LogP) is 2.41. The van der Waals surface area contributed by atoms with Gasteiger partial charge in [-0.25, -0.2) is 9.97 Å².